The Morgan fingerprint density at radius 2 is 1.97 bits per heavy atom. The van der Waals surface area contributed by atoms with Crippen LogP contribution in [-0.4, -0.2) is 48.2 Å². The van der Waals surface area contributed by atoms with Crippen molar-refractivity contribution in [2.75, 3.05) is 26.7 Å². The number of aryl methyl sites for hydroxylation is 2. The van der Waals surface area contributed by atoms with Gasteiger partial charge in [0.15, 0.2) is 5.96 Å². The number of unbranched alkanes of at least 4 members (excludes halogenated alkanes) is 2. The Bertz CT molecular complexity index is 776. The third-order valence-electron chi connectivity index (χ3n) is 4.58. The number of rotatable bonds is 11. The molecule has 0 aliphatic heterocycles. The fraction of sp³-hybridized carbons (Fsp3) is 0.571. The van der Waals surface area contributed by atoms with Crippen molar-refractivity contribution in [3.05, 3.63) is 30.1 Å². The summed E-state index contributed by atoms with van der Waals surface area (Å²) < 4.78 is 6.91. The minimum Gasteiger partial charge on any atom is -0.469 e. The highest BCUT2D eigenvalue weighted by atomic mass is 127. The molecule has 8 heteroatoms. The van der Waals surface area contributed by atoms with Gasteiger partial charge in [-0.05, 0) is 45.2 Å². The number of methoxy groups -OCH3 is 1. The molecule has 0 radical (unpaired) electrons. The van der Waals surface area contributed by atoms with E-state index in [-0.39, 0.29) is 29.9 Å². The van der Waals surface area contributed by atoms with Gasteiger partial charge in [0.1, 0.15) is 5.82 Å². The van der Waals surface area contributed by atoms with Gasteiger partial charge in [0, 0.05) is 32.6 Å². The molecule has 0 saturated heterocycles. The van der Waals surface area contributed by atoms with E-state index in [4.69, 9.17) is 0 Å². The predicted octanol–water partition coefficient (Wildman–Crippen LogP) is 3.64. The molecule has 0 amide bonds. The van der Waals surface area contributed by atoms with Crippen molar-refractivity contribution >= 4 is 46.9 Å². The molecule has 0 bridgehead atoms. The monoisotopic (exact) mass is 515 g/mol. The smallest absolute Gasteiger partial charge is 0.305 e. The van der Waals surface area contributed by atoms with Crippen molar-refractivity contribution in [2.45, 2.75) is 52.5 Å². The fourth-order valence-corrected chi connectivity index (χ4v) is 3.12. The summed E-state index contributed by atoms with van der Waals surface area (Å²) in [4.78, 5) is 20.4. The second kappa shape index (κ2) is 14.2. The molecule has 29 heavy (non-hydrogen) atoms. The number of benzene rings is 1. The Kier molecular flexibility index (Phi) is 12.3. The van der Waals surface area contributed by atoms with Crippen LogP contribution < -0.4 is 10.6 Å². The molecule has 0 unspecified atom stereocenters. The van der Waals surface area contributed by atoms with Gasteiger partial charge >= 0.3 is 5.97 Å². The normalized spacial score (nSPS) is 11.2. The molecular formula is C21H34IN5O2. The van der Waals surface area contributed by atoms with Gasteiger partial charge in [-0.25, -0.2) is 4.98 Å². The van der Waals surface area contributed by atoms with Gasteiger partial charge in [-0.3, -0.25) is 9.79 Å². The summed E-state index contributed by atoms with van der Waals surface area (Å²) in [6.45, 7) is 7.45. The number of fused-ring (bicyclic) bond motifs is 1. The van der Waals surface area contributed by atoms with Crippen LogP contribution in [0.15, 0.2) is 29.3 Å². The quantitative estimate of drug-likeness (QED) is 0.157. The number of carbonyl (C=O) groups is 1. The highest BCUT2D eigenvalue weighted by Gasteiger charge is 2.06. The SMILES string of the molecule is CCNC(=NCCCn1c(C)nc2ccccc21)NCCCCCC(=O)OC.I. The summed E-state index contributed by atoms with van der Waals surface area (Å²) in [6.07, 6.45) is 4.31. The molecule has 0 spiro atoms. The van der Waals surface area contributed by atoms with Crippen LogP contribution in [0.4, 0.5) is 0 Å². The van der Waals surface area contributed by atoms with E-state index in [0.29, 0.717) is 6.42 Å². The minimum absolute atomic E-state index is 0. The molecule has 0 aliphatic carbocycles. The molecule has 2 rings (SSSR count). The number of hydrogen-bond donors (Lipinski definition) is 2. The van der Waals surface area contributed by atoms with E-state index in [0.717, 1.165) is 69.2 Å². The third kappa shape index (κ3) is 8.59. The first-order valence-electron chi connectivity index (χ1n) is 10.2. The fourth-order valence-electron chi connectivity index (χ4n) is 3.12. The van der Waals surface area contributed by atoms with Crippen LogP contribution in [0.1, 0.15) is 44.9 Å². The summed E-state index contributed by atoms with van der Waals surface area (Å²) in [5, 5.41) is 6.64. The van der Waals surface area contributed by atoms with E-state index in [1.54, 1.807) is 0 Å². The molecule has 0 saturated carbocycles. The first kappa shape index (κ1) is 25.2. The number of nitrogens with one attached hydrogen (secondary N) is 2. The van der Waals surface area contributed by atoms with Crippen molar-refractivity contribution in [3.63, 3.8) is 0 Å². The molecule has 0 atom stereocenters. The lowest BCUT2D eigenvalue weighted by Crippen LogP contribution is -2.37. The van der Waals surface area contributed by atoms with Gasteiger partial charge in [-0.2, -0.15) is 0 Å². The lowest BCUT2D eigenvalue weighted by atomic mass is 10.2. The van der Waals surface area contributed by atoms with Crippen LogP contribution in [0.5, 0.6) is 0 Å². The number of hydrogen-bond acceptors (Lipinski definition) is 4. The van der Waals surface area contributed by atoms with Crippen molar-refractivity contribution in [1.82, 2.24) is 20.2 Å². The Morgan fingerprint density at radius 3 is 2.72 bits per heavy atom. The number of ether oxygens (including phenoxy) is 1. The molecule has 0 fully saturated rings. The number of halogens is 1. The Hall–Kier alpha value is -1.84. The molecule has 7 nitrogen and oxygen atoms in total. The summed E-state index contributed by atoms with van der Waals surface area (Å²) >= 11 is 0. The standard InChI is InChI=1S/C21H33N5O2.HI/c1-4-22-21(23-14-9-5-6-13-20(27)28-3)24-15-10-16-26-17(2)25-18-11-7-8-12-19(18)26;/h7-8,11-12H,4-6,9-10,13-16H2,1-3H3,(H2,22,23,24);1H. The number of aromatic nitrogens is 2. The van der Waals surface area contributed by atoms with Crippen molar-refractivity contribution in [3.8, 4) is 0 Å². The zero-order valence-corrected chi connectivity index (χ0v) is 20.1. The van der Waals surface area contributed by atoms with Crippen molar-refractivity contribution < 1.29 is 9.53 Å². The van der Waals surface area contributed by atoms with Gasteiger partial charge in [-0.1, -0.05) is 18.6 Å². The maximum atomic E-state index is 11.1. The van der Waals surface area contributed by atoms with Crippen LogP contribution in [0.3, 0.4) is 0 Å². The van der Waals surface area contributed by atoms with E-state index in [9.17, 15) is 4.79 Å². The summed E-state index contributed by atoms with van der Waals surface area (Å²) in [7, 11) is 1.43. The molecule has 1 aromatic heterocycles. The molecule has 2 aromatic rings. The van der Waals surface area contributed by atoms with Crippen molar-refractivity contribution in [1.29, 1.82) is 0 Å². The highest BCUT2D eigenvalue weighted by molar-refractivity contribution is 14.0. The first-order valence-corrected chi connectivity index (χ1v) is 10.2. The average molecular weight is 515 g/mol. The molecule has 1 aromatic carbocycles. The van der Waals surface area contributed by atoms with Crippen LogP contribution in [-0.2, 0) is 16.1 Å². The predicted molar refractivity (Wildman–Crippen MR) is 129 cm³/mol. The van der Waals surface area contributed by atoms with Crippen LogP contribution in [0.25, 0.3) is 11.0 Å². The number of imidazole rings is 1. The van der Waals surface area contributed by atoms with Crippen LogP contribution in [0, 0.1) is 6.92 Å². The highest BCUT2D eigenvalue weighted by Crippen LogP contribution is 2.15. The summed E-state index contributed by atoms with van der Waals surface area (Å²) in [5.41, 5.74) is 2.23. The number of guanidine groups is 1. The molecule has 0 aliphatic rings. The Labute approximate surface area is 190 Å². The third-order valence-corrected chi connectivity index (χ3v) is 4.58. The number of nitrogens with zero attached hydrogens (tertiary/aromatic N) is 3. The van der Waals surface area contributed by atoms with Gasteiger partial charge in [0.25, 0.3) is 0 Å². The maximum Gasteiger partial charge on any atom is 0.305 e. The van der Waals surface area contributed by atoms with Gasteiger partial charge in [0.2, 0.25) is 0 Å². The second-order valence-corrected chi connectivity index (χ2v) is 6.73. The largest absolute Gasteiger partial charge is 0.469 e. The number of esters is 1. The molecule has 2 N–H and O–H groups in total. The summed E-state index contributed by atoms with van der Waals surface area (Å²) in [5.74, 6) is 1.76. The van der Waals surface area contributed by atoms with Crippen LogP contribution >= 0.6 is 24.0 Å². The van der Waals surface area contributed by atoms with Gasteiger partial charge < -0.3 is 19.9 Å². The van der Waals surface area contributed by atoms with E-state index in [1.807, 2.05) is 6.07 Å². The second-order valence-electron chi connectivity index (χ2n) is 6.73. The van der Waals surface area contributed by atoms with E-state index in [2.05, 4.69) is 62.0 Å². The van der Waals surface area contributed by atoms with E-state index in [1.165, 1.54) is 12.6 Å². The number of aliphatic imine (C=N–C) groups is 1. The minimum atomic E-state index is -0.135. The maximum absolute atomic E-state index is 11.1. The zero-order chi connectivity index (χ0) is 20.2. The van der Waals surface area contributed by atoms with Gasteiger partial charge in [-0.15, -0.1) is 24.0 Å². The molecule has 1 heterocycles. The summed E-state index contributed by atoms with van der Waals surface area (Å²) in [6, 6.07) is 8.24. The Balaban J connectivity index is 0.00000420. The first-order chi connectivity index (χ1) is 13.7. The average Bonchev–Trinajstić information content (AvgIpc) is 3.02. The topological polar surface area (TPSA) is 80.5 Å². The number of carbonyl (C=O) groups excluding carboxylic acids is 1. The van der Waals surface area contributed by atoms with E-state index >= 15 is 0 Å². The molecular weight excluding hydrogens is 481 g/mol. The van der Waals surface area contributed by atoms with Crippen LogP contribution in [0.2, 0.25) is 0 Å². The van der Waals surface area contributed by atoms with Gasteiger partial charge in [0.05, 0.1) is 18.1 Å². The van der Waals surface area contributed by atoms with E-state index < -0.39 is 0 Å². The molecule has 162 valence electrons. The lowest BCUT2D eigenvalue weighted by molar-refractivity contribution is -0.140. The Morgan fingerprint density at radius 1 is 1.17 bits per heavy atom. The zero-order valence-electron chi connectivity index (χ0n) is 17.7. The number of para-hydroxylation sites is 2. The van der Waals surface area contributed by atoms with Crippen molar-refractivity contribution in [2.24, 2.45) is 4.99 Å². The lowest BCUT2D eigenvalue weighted by Gasteiger charge is -2.11.